The first-order valence-electron chi connectivity index (χ1n) is 10.7. The van der Waals surface area contributed by atoms with Gasteiger partial charge in [0.1, 0.15) is 5.76 Å². The number of furan rings is 1. The van der Waals surface area contributed by atoms with Crippen molar-refractivity contribution in [1.82, 2.24) is 20.1 Å². The molecule has 0 spiro atoms. The Labute approximate surface area is 180 Å². The number of ether oxygens (including phenoxy) is 2. The maximum absolute atomic E-state index is 12.8. The lowest BCUT2D eigenvalue weighted by Gasteiger charge is -2.22. The summed E-state index contributed by atoms with van der Waals surface area (Å²) >= 11 is 0. The Bertz CT molecular complexity index is 1090. The van der Waals surface area contributed by atoms with E-state index in [-0.39, 0.29) is 12.0 Å². The van der Waals surface area contributed by atoms with Gasteiger partial charge in [-0.25, -0.2) is 0 Å². The Kier molecular flexibility index (Phi) is 5.33. The number of nitrogens with one attached hydrogen (secondary N) is 1. The summed E-state index contributed by atoms with van der Waals surface area (Å²) in [6.45, 7) is 6.60. The molecule has 0 bridgehead atoms. The van der Waals surface area contributed by atoms with Crippen LogP contribution in [0, 0.1) is 13.8 Å². The zero-order valence-corrected chi connectivity index (χ0v) is 17.8. The minimum atomic E-state index is -0.229. The van der Waals surface area contributed by atoms with Gasteiger partial charge in [-0.3, -0.25) is 14.5 Å². The van der Waals surface area contributed by atoms with Crippen molar-refractivity contribution >= 4 is 5.91 Å². The number of carbonyl (C=O) groups excluding carboxylic acids is 1. The zero-order chi connectivity index (χ0) is 21.4. The van der Waals surface area contributed by atoms with Crippen molar-refractivity contribution in [2.75, 3.05) is 26.4 Å². The van der Waals surface area contributed by atoms with Crippen LogP contribution in [0.1, 0.15) is 38.7 Å². The summed E-state index contributed by atoms with van der Waals surface area (Å²) in [6.07, 6.45) is 5.45. The number of nitrogens with zero attached hydrogens (tertiary/aromatic N) is 3. The third-order valence-corrected chi connectivity index (χ3v) is 5.81. The first kappa shape index (κ1) is 20.0. The van der Waals surface area contributed by atoms with Gasteiger partial charge in [0.2, 0.25) is 0 Å². The molecule has 4 heterocycles. The molecule has 0 saturated carbocycles. The monoisotopic (exact) mass is 422 g/mol. The molecule has 31 heavy (non-hydrogen) atoms. The van der Waals surface area contributed by atoms with E-state index in [2.05, 4.69) is 22.6 Å². The van der Waals surface area contributed by atoms with Crippen molar-refractivity contribution in [3.63, 3.8) is 0 Å². The first-order chi connectivity index (χ1) is 15.1. The van der Waals surface area contributed by atoms with Crippen LogP contribution in [0.15, 0.2) is 28.9 Å². The van der Waals surface area contributed by atoms with E-state index < -0.39 is 0 Å². The van der Waals surface area contributed by atoms with Crippen molar-refractivity contribution < 1.29 is 18.7 Å². The SMILES string of the molecule is Cc1ccc(Cn2cc3c(n2)-c2c(oc(C(=O)NC[C@@H]4COCCO4)c2C)CC3)cn1. The Balaban J connectivity index is 1.35. The van der Waals surface area contributed by atoms with Gasteiger partial charge in [-0.2, -0.15) is 5.10 Å². The maximum Gasteiger partial charge on any atom is 0.287 e. The highest BCUT2D eigenvalue weighted by Crippen LogP contribution is 2.38. The molecule has 162 valence electrons. The molecule has 0 radical (unpaired) electrons. The van der Waals surface area contributed by atoms with Crippen molar-refractivity contribution in [2.24, 2.45) is 0 Å². The highest BCUT2D eigenvalue weighted by Gasteiger charge is 2.30. The molecule has 8 nitrogen and oxygen atoms in total. The zero-order valence-electron chi connectivity index (χ0n) is 17.8. The number of fused-ring (bicyclic) bond motifs is 3. The second-order valence-electron chi connectivity index (χ2n) is 8.14. The predicted octanol–water partition coefficient (Wildman–Crippen LogP) is 2.45. The second kappa shape index (κ2) is 8.28. The molecule has 1 fully saturated rings. The van der Waals surface area contributed by atoms with Gasteiger partial charge in [-0.15, -0.1) is 0 Å². The molecule has 0 aromatic carbocycles. The standard InChI is InChI=1S/C23H26N4O4/c1-14-3-4-16(9-24-14)11-27-12-17-5-6-19-20(21(17)26-27)15(2)22(31-19)23(28)25-10-18-13-29-7-8-30-18/h3-4,9,12,18H,5-8,10-11,13H2,1-2H3,(H,25,28)/t18-/m1/s1. The van der Waals surface area contributed by atoms with Crippen LogP contribution in [0.25, 0.3) is 11.3 Å². The van der Waals surface area contributed by atoms with Crippen LogP contribution < -0.4 is 5.32 Å². The van der Waals surface area contributed by atoms with Crippen molar-refractivity contribution in [2.45, 2.75) is 39.3 Å². The molecule has 5 rings (SSSR count). The van der Waals surface area contributed by atoms with E-state index in [4.69, 9.17) is 19.0 Å². The second-order valence-corrected chi connectivity index (χ2v) is 8.14. The fourth-order valence-electron chi connectivity index (χ4n) is 4.18. The number of pyridine rings is 1. The molecular weight excluding hydrogens is 396 g/mol. The van der Waals surface area contributed by atoms with E-state index in [1.54, 1.807) is 0 Å². The molecule has 1 aliphatic heterocycles. The van der Waals surface area contributed by atoms with Gasteiger partial charge in [0.15, 0.2) is 5.76 Å². The normalized spacial score (nSPS) is 17.8. The van der Waals surface area contributed by atoms with Crippen molar-refractivity contribution in [3.05, 3.63) is 58.4 Å². The predicted molar refractivity (Wildman–Crippen MR) is 113 cm³/mol. The van der Waals surface area contributed by atoms with Gasteiger partial charge in [0.05, 0.1) is 38.2 Å². The topological polar surface area (TPSA) is 91.4 Å². The largest absolute Gasteiger partial charge is 0.455 e. The third-order valence-electron chi connectivity index (χ3n) is 5.81. The molecule has 8 heteroatoms. The molecular formula is C23H26N4O4. The number of hydrogen-bond donors (Lipinski definition) is 1. The number of amides is 1. The molecule has 1 aliphatic carbocycles. The number of rotatable bonds is 5. The molecule has 1 amide bonds. The lowest BCUT2D eigenvalue weighted by atomic mass is 9.93. The molecule has 1 N–H and O–H groups in total. The molecule has 3 aromatic rings. The molecule has 2 aliphatic rings. The Morgan fingerprint density at radius 1 is 1.26 bits per heavy atom. The minimum absolute atomic E-state index is 0.124. The van der Waals surface area contributed by atoms with Crippen LogP contribution in [-0.4, -0.2) is 53.1 Å². The summed E-state index contributed by atoms with van der Waals surface area (Å²) in [7, 11) is 0. The lowest BCUT2D eigenvalue weighted by Crippen LogP contribution is -2.39. The minimum Gasteiger partial charge on any atom is -0.455 e. The summed E-state index contributed by atoms with van der Waals surface area (Å²) in [6, 6.07) is 4.08. The van der Waals surface area contributed by atoms with Crippen LogP contribution in [0.4, 0.5) is 0 Å². The Hall–Kier alpha value is -2.97. The average Bonchev–Trinajstić information content (AvgIpc) is 3.34. The molecule has 0 unspecified atom stereocenters. The van der Waals surface area contributed by atoms with Crippen LogP contribution >= 0.6 is 0 Å². The quantitative estimate of drug-likeness (QED) is 0.679. The maximum atomic E-state index is 12.8. The first-order valence-corrected chi connectivity index (χ1v) is 10.7. The van der Waals surface area contributed by atoms with Gasteiger partial charge < -0.3 is 19.2 Å². The lowest BCUT2D eigenvalue weighted by molar-refractivity contribution is -0.0856. The van der Waals surface area contributed by atoms with Gasteiger partial charge in [-0.05, 0) is 37.5 Å². The number of aromatic nitrogens is 3. The van der Waals surface area contributed by atoms with E-state index in [0.29, 0.717) is 38.7 Å². The highest BCUT2D eigenvalue weighted by molar-refractivity contribution is 5.95. The average molecular weight is 422 g/mol. The van der Waals surface area contributed by atoms with Gasteiger partial charge in [0, 0.05) is 42.2 Å². The molecule has 1 saturated heterocycles. The molecule has 3 aromatic heterocycles. The molecule has 1 atom stereocenters. The highest BCUT2D eigenvalue weighted by atomic mass is 16.6. The number of hydrogen-bond acceptors (Lipinski definition) is 6. The van der Waals surface area contributed by atoms with Crippen LogP contribution in [0.5, 0.6) is 0 Å². The van der Waals surface area contributed by atoms with E-state index in [0.717, 1.165) is 46.7 Å². The summed E-state index contributed by atoms with van der Waals surface area (Å²) < 4.78 is 18.9. The van der Waals surface area contributed by atoms with Crippen LogP contribution in [-0.2, 0) is 28.9 Å². The summed E-state index contributed by atoms with van der Waals surface area (Å²) in [4.78, 5) is 17.1. The smallest absolute Gasteiger partial charge is 0.287 e. The van der Waals surface area contributed by atoms with Gasteiger partial charge in [-0.1, -0.05) is 6.07 Å². The van der Waals surface area contributed by atoms with Crippen LogP contribution in [0.2, 0.25) is 0 Å². The van der Waals surface area contributed by atoms with Crippen molar-refractivity contribution in [3.8, 4) is 11.3 Å². The fraction of sp³-hybridized carbons (Fsp3) is 0.435. The Morgan fingerprint density at radius 2 is 2.16 bits per heavy atom. The number of aryl methyl sites for hydroxylation is 3. The summed E-state index contributed by atoms with van der Waals surface area (Å²) in [5.41, 5.74) is 5.96. The van der Waals surface area contributed by atoms with E-state index in [1.807, 2.05) is 30.8 Å². The number of carbonyl (C=O) groups is 1. The van der Waals surface area contributed by atoms with E-state index in [9.17, 15) is 4.79 Å². The summed E-state index contributed by atoms with van der Waals surface area (Å²) in [5.74, 6) is 0.953. The van der Waals surface area contributed by atoms with Gasteiger partial charge >= 0.3 is 0 Å². The van der Waals surface area contributed by atoms with Crippen molar-refractivity contribution in [1.29, 1.82) is 0 Å². The van der Waals surface area contributed by atoms with E-state index in [1.165, 1.54) is 5.56 Å². The third kappa shape index (κ3) is 4.00. The summed E-state index contributed by atoms with van der Waals surface area (Å²) in [5, 5.41) is 7.74. The Morgan fingerprint density at radius 3 is 2.94 bits per heavy atom. The van der Waals surface area contributed by atoms with E-state index >= 15 is 0 Å². The van der Waals surface area contributed by atoms with Crippen LogP contribution in [0.3, 0.4) is 0 Å². The van der Waals surface area contributed by atoms with Gasteiger partial charge in [0.25, 0.3) is 5.91 Å². The fourth-order valence-corrected chi connectivity index (χ4v) is 4.18.